The van der Waals surface area contributed by atoms with Crippen LogP contribution in [0.25, 0.3) is 5.57 Å². The highest BCUT2D eigenvalue weighted by atomic mass is 16.5. The second-order valence-electron chi connectivity index (χ2n) is 3.89. The van der Waals surface area contributed by atoms with Crippen LogP contribution in [0.1, 0.15) is 26.3 Å². The third-order valence-electron chi connectivity index (χ3n) is 2.12. The van der Waals surface area contributed by atoms with E-state index >= 15 is 0 Å². The summed E-state index contributed by atoms with van der Waals surface area (Å²) in [5, 5.41) is 0. The Morgan fingerprint density at radius 1 is 1.35 bits per heavy atom. The van der Waals surface area contributed by atoms with Crippen molar-refractivity contribution in [1.82, 2.24) is 4.98 Å². The Balaban J connectivity index is 3.13. The van der Waals surface area contributed by atoms with Gasteiger partial charge in [0.1, 0.15) is 6.29 Å². The highest BCUT2D eigenvalue weighted by molar-refractivity contribution is 5.81. The maximum atomic E-state index is 10.5. The van der Waals surface area contributed by atoms with E-state index in [1.54, 1.807) is 19.2 Å². The molecule has 0 atom stereocenters. The number of rotatable bonds is 5. The van der Waals surface area contributed by atoms with Gasteiger partial charge >= 0.3 is 0 Å². The molecule has 0 fully saturated rings. The first-order valence-electron chi connectivity index (χ1n) is 5.42. The van der Waals surface area contributed by atoms with E-state index in [0.29, 0.717) is 11.8 Å². The smallest absolute Gasteiger partial charge is 0.217 e. The van der Waals surface area contributed by atoms with Crippen molar-refractivity contribution in [3.05, 3.63) is 23.8 Å². The number of carbonyl (C=O) groups excluding carboxylic acids is 1. The van der Waals surface area contributed by atoms with E-state index in [-0.39, 0.29) is 6.10 Å². The molecule has 0 unspecified atom stereocenters. The van der Waals surface area contributed by atoms with Crippen LogP contribution in [-0.4, -0.2) is 24.5 Å². The quantitative estimate of drug-likeness (QED) is 0.581. The Bertz CT molecular complexity index is 425. The molecule has 0 aliphatic heterocycles. The predicted molar refractivity (Wildman–Crippen MR) is 66.3 cm³/mol. The van der Waals surface area contributed by atoms with Crippen LogP contribution < -0.4 is 9.47 Å². The third-order valence-corrected chi connectivity index (χ3v) is 2.12. The molecule has 1 aromatic heterocycles. The van der Waals surface area contributed by atoms with Crippen LogP contribution in [0.5, 0.6) is 11.8 Å². The topological polar surface area (TPSA) is 48.4 Å². The van der Waals surface area contributed by atoms with Gasteiger partial charge in [0.05, 0.1) is 13.2 Å². The van der Waals surface area contributed by atoms with Crippen molar-refractivity contribution in [3.63, 3.8) is 0 Å². The van der Waals surface area contributed by atoms with E-state index in [2.05, 4.69) is 4.98 Å². The molecule has 0 bridgehead atoms. The maximum absolute atomic E-state index is 10.5. The lowest BCUT2D eigenvalue weighted by molar-refractivity contribution is -0.104. The second-order valence-corrected chi connectivity index (χ2v) is 3.89. The van der Waals surface area contributed by atoms with E-state index in [4.69, 9.17) is 9.47 Å². The molecule has 17 heavy (non-hydrogen) atoms. The molecular weight excluding hydrogens is 218 g/mol. The van der Waals surface area contributed by atoms with Gasteiger partial charge in [0.25, 0.3) is 0 Å². The van der Waals surface area contributed by atoms with Crippen molar-refractivity contribution in [1.29, 1.82) is 0 Å². The minimum absolute atomic E-state index is 0.0396. The van der Waals surface area contributed by atoms with Gasteiger partial charge in [-0.25, -0.2) is 0 Å². The van der Waals surface area contributed by atoms with Gasteiger partial charge < -0.3 is 9.47 Å². The van der Waals surface area contributed by atoms with E-state index in [9.17, 15) is 4.79 Å². The lowest BCUT2D eigenvalue weighted by Crippen LogP contribution is -2.07. The lowest BCUT2D eigenvalue weighted by atomic mass is 10.1. The summed E-state index contributed by atoms with van der Waals surface area (Å²) in [6.07, 6.45) is 2.29. The number of nitrogens with zero attached hydrogens (tertiary/aromatic N) is 1. The molecule has 0 aliphatic rings. The third kappa shape index (κ3) is 3.90. The molecule has 92 valence electrons. The highest BCUT2D eigenvalue weighted by Crippen LogP contribution is 2.23. The lowest BCUT2D eigenvalue weighted by Gasteiger charge is -2.11. The molecule has 0 N–H and O–H groups in total. The highest BCUT2D eigenvalue weighted by Gasteiger charge is 2.06. The Morgan fingerprint density at radius 2 is 2.00 bits per heavy atom. The number of aromatic nitrogens is 1. The summed E-state index contributed by atoms with van der Waals surface area (Å²) >= 11 is 0. The van der Waals surface area contributed by atoms with Gasteiger partial charge in [-0.05, 0) is 38.0 Å². The molecule has 0 radical (unpaired) electrons. The number of pyridine rings is 1. The monoisotopic (exact) mass is 235 g/mol. The van der Waals surface area contributed by atoms with Gasteiger partial charge in [0, 0.05) is 12.1 Å². The first-order valence-corrected chi connectivity index (χ1v) is 5.42. The van der Waals surface area contributed by atoms with Crippen molar-refractivity contribution in [3.8, 4) is 11.8 Å². The summed E-state index contributed by atoms with van der Waals surface area (Å²) in [5.41, 5.74) is 1.70. The van der Waals surface area contributed by atoms with Gasteiger partial charge in [-0.1, -0.05) is 0 Å². The van der Waals surface area contributed by atoms with Gasteiger partial charge in [-0.3, -0.25) is 4.79 Å². The van der Waals surface area contributed by atoms with Crippen LogP contribution in [-0.2, 0) is 4.79 Å². The summed E-state index contributed by atoms with van der Waals surface area (Å²) in [7, 11) is 1.55. The standard InChI is InChI=1S/C13H17NO3/c1-9(2)17-13-8-11(10(3)5-6-15)7-12(14-13)16-4/h5-9H,1-4H3/b10-5-. The minimum Gasteiger partial charge on any atom is -0.481 e. The first-order chi connectivity index (χ1) is 8.06. The maximum Gasteiger partial charge on any atom is 0.217 e. The summed E-state index contributed by atoms with van der Waals surface area (Å²) < 4.78 is 10.6. The van der Waals surface area contributed by atoms with Crippen LogP contribution in [0.3, 0.4) is 0 Å². The van der Waals surface area contributed by atoms with Gasteiger partial charge in [0.2, 0.25) is 11.8 Å². The second kappa shape index (κ2) is 6.03. The number of hydrogen-bond donors (Lipinski definition) is 0. The molecule has 1 aromatic rings. The van der Waals surface area contributed by atoms with Crippen molar-refractivity contribution in [2.75, 3.05) is 7.11 Å². The van der Waals surface area contributed by atoms with E-state index in [1.807, 2.05) is 20.8 Å². The number of carbonyl (C=O) groups is 1. The number of allylic oxidation sites excluding steroid dienone is 2. The molecule has 0 saturated heterocycles. The molecule has 1 heterocycles. The predicted octanol–water partition coefficient (Wildman–Crippen LogP) is 2.48. The zero-order valence-electron chi connectivity index (χ0n) is 10.6. The number of hydrogen-bond acceptors (Lipinski definition) is 4. The SMILES string of the molecule is COc1cc(/C(C)=C\C=O)cc(OC(C)C)n1. The fourth-order valence-electron chi connectivity index (χ4n) is 1.31. The number of methoxy groups -OCH3 is 1. The molecule has 0 aromatic carbocycles. The van der Waals surface area contributed by atoms with Crippen LogP contribution in [0, 0.1) is 0 Å². The Kier molecular flexibility index (Phi) is 4.69. The molecule has 4 heteroatoms. The van der Waals surface area contributed by atoms with E-state index in [0.717, 1.165) is 17.4 Å². The molecule has 4 nitrogen and oxygen atoms in total. The van der Waals surface area contributed by atoms with Crippen molar-refractivity contribution in [2.24, 2.45) is 0 Å². The van der Waals surface area contributed by atoms with Crippen LogP contribution in [0.4, 0.5) is 0 Å². The zero-order valence-corrected chi connectivity index (χ0v) is 10.6. The Morgan fingerprint density at radius 3 is 2.53 bits per heavy atom. The summed E-state index contributed by atoms with van der Waals surface area (Å²) in [6, 6.07) is 3.56. The molecule has 0 amide bonds. The minimum atomic E-state index is 0.0396. The van der Waals surface area contributed by atoms with Gasteiger partial charge in [-0.15, -0.1) is 0 Å². The molecule has 0 spiro atoms. The van der Waals surface area contributed by atoms with Crippen LogP contribution in [0.2, 0.25) is 0 Å². The number of ether oxygens (including phenoxy) is 2. The summed E-state index contributed by atoms with van der Waals surface area (Å²) in [4.78, 5) is 14.6. The van der Waals surface area contributed by atoms with Crippen LogP contribution >= 0.6 is 0 Å². The van der Waals surface area contributed by atoms with Crippen molar-refractivity contribution < 1.29 is 14.3 Å². The normalized spacial score (nSPS) is 11.5. The summed E-state index contributed by atoms with van der Waals surface area (Å²) in [5.74, 6) is 0.963. The van der Waals surface area contributed by atoms with Crippen molar-refractivity contribution >= 4 is 11.9 Å². The first kappa shape index (κ1) is 13.2. The van der Waals surface area contributed by atoms with Crippen LogP contribution in [0.15, 0.2) is 18.2 Å². The summed E-state index contributed by atoms with van der Waals surface area (Å²) in [6.45, 7) is 5.70. The number of aldehydes is 1. The fourth-order valence-corrected chi connectivity index (χ4v) is 1.31. The molecule has 1 rings (SSSR count). The largest absolute Gasteiger partial charge is 0.481 e. The fraction of sp³-hybridized carbons (Fsp3) is 0.385. The Hall–Kier alpha value is -1.84. The van der Waals surface area contributed by atoms with Gasteiger partial charge in [-0.2, -0.15) is 4.98 Å². The Labute approximate surface area is 101 Å². The van der Waals surface area contributed by atoms with E-state index in [1.165, 1.54) is 6.08 Å². The molecule has 0 aliphatic carbocycles. The van der Waals surface area contributed by atoms with E-state index < -0.39 is 0 Å². The van der Waals surface area contributed by atoms with Gasteiger partial charge in [0.15, 0.2) is 0 Å². The molecule has 0 saturated carbocycles. The molecular formula is C13H17NO3. The zero-order chi connectivity index (χ0) is 12.8. The average molecular weight is 235 g/mol. The average Bonchev–Trinajstić information content (AvgIpc) is 2.28. The van der Waals surface area contributed by atoms with Crippen molar-refractivity contribution in [2.45, 2.75) is 26.9 Å².